The molecule has 1 atom stereocenters. The second-order valence-electron chi connectivity index (χ2n) is 6.55. The minimum Gasteiger partial charge on any atom is -0.348 e. The topological polar surface area (TPSA) is 56.4 Å². The summed E-state index contributed by atoms with van der Waals surface area (Å²) in [6.07, 6.45) is 2.85. The van der Waals surface area contributed by atoms with Gasteiger partial charge in [0, 0.05) is 30.6 Å². The molecule has 1 fully saturated rings. The van der Waals surface area contributed by atoms with E-state index >= 15 is 0 Å². The highest BCUT2D eigenvalue weighted by Gasteiger charge is 2.23. The number of benzene rings is 1. The number of likely N-dealkylation sites (tertiary alicyclic amines) is 1. The van der Waals surface area contributed by atoms with Crippen LogP contribution in [0.25, 0.3) is 10.9 Å². The van der Waals surface area contributed by atoms with Gasteiger partial charge in [0.2, 0.25) is 0 Å². The number of H-pyrrole nitrogens is 1. The van der Waals surface area contributed by atoms with Crippen LogP contribution in [0.1, 0.15) is 29.8 Å². The third-order valence-electron chi connectivity index (χ3n) is 4.76. The lowest BCUT2D eigenvalue weighted by Crippen LogP contribution is -2.34. The van der Waals surface area contributed by atoms with Crippen LogP contribution in [0.15, 0.2) is 29.1 Å². The molecule has 0 unspecified atom stereocenters. The zero-order valence-electron chi connectivity index (χ0n) is 14.0. The number of hydrogen-bond donors (Lipinski definition) is 1. The zero-order valence-corrected chi connectivity index (χ0v) is 14.0. The summed E-state index contributed by atoms with van der Waals surface area (Å²) >= 11 is 0. The number of para-hydroxylation sites is 1. The van der Waals surface area contributed by atoms with E-state index in [0.717, 1.165) is 19.3 Å². The van der Waals surface area contributed by atoms with Gasteiger partial charge in [-0.2, -0.15) is 0 Å². The van der Waals surface area contributed by atoms with Crippen LogP contribution < -0.4 is 5.43 Å². The monoisotopic (exact) mass is 331 g/mol. The number of hydrogen-bond acceptors (Lipinski definition) is 3. The predicted molar refractivity (Wildman–Crippen MR) is 91.8 cm³/mol. The largest absolute Gasteiger partial charge is 0.348 e. The van der Waals surface area contributed by atoms with Crippen molar-refractivity contribution in [1.29, 1.82) is 0 Å². The van der Waals surface area contributed by atoms with Gasteiger partial charge in [0.1, 0.15) is 11.5 Å². The van der Waals surface area contributed by atoms with Gasteiger partial charge in [0.25, 0.3) is 5.91 Å². The number of carbonyl (C=O) groups excluding carboxylic acids is 1. The van der Waals surface area contributed by atoms with E-state index in [1.807, 2.05) is 14.1 Å². The summed E-state index contributed by atoms with van der Waals surface area (Å²) in [7, 11) is 4.09. The molecule has 2 aromatic rings. The van der Waals surface area contributed by atoms with E-state index in [0.29, 0.717) is 19.1 Å². The van der Waals surface area contributed by atoms with E-state index in [1.54, 1.807) is 11.0 Å². The molecule has 1 amide bonds. The third kappa shape index (κ3) is 3.19. The van der Waals surface area contributed by atoms with Crippen molar-refractivity contribution in [2.75, 3.05) is 27.2 Å². The molecule has 0 spiro atoms. The van der Waals surface area contributed by atoms with Crippen LogP contribution in [0.5, 0.6) is 0 Å². The maximum Gasteiger partial charge on any atom is 0.270 e. The first kappa shape index (κ1) is 16.6. The van der Waals surface area contributed by atoms with E-state index in [2.05, 4.69) is 9.88 Å². The first-order valence-corrected chi connectivity index (χ1v) is 8.24. The second-order valence-corrected chi connectivity index (χ2v) is 6.55. The van der Waals surface area contributed by atoms with Crippen molar-refractivity contribution < 1.29 is 9.18 Å². The average Bonchev–Trinajstić information content (AvgIpc) is 2.81. The molecular weight excluding hydrogens is 309 g/mol. The number of pyridine rings is 1. The summed E-state index contributed by atoms with van der Waals surface area (Å²) in [4.78, 5) is 31.7. The molecule has 1 N–H and O–H groups in total. The van der Waals surface area contributed by atoms with Gasteiger partial charge >= 0.3 is 0 Å². The molecule has 3 rings (SSSR count). The van der Waals surface area contributed by atoms with E-state index in [9.17, 15) is 14.0 Å². The van der Waals surface area contributed by atoms with Crippen LogP contribution in [-0.4, -0.2) is 53.9 Å². The normalized spacial score (nSPS) is 18.8. The van der Waals surface area contributed by atoms with Crippen LogP contribution in [0.2, 0.25) is 0 Å². The Morgan fingerprint density at radius 1 is 1.29 bits per heavy atom. The lowest BCUT2D eigenvalue weighted by Gasteiger charge is -2.23. The minimum atomic E-state index is -0.525. The number of carbonyl (C=O) groups is 1. The summed E-state index contributed by atoms with van der Waals surface area (Å²) < 4.78 is 14.0. The van der Waals surface area contributed by atoms with Crippen LogP contribution in [0, 0.1) is 5.82 Å². The molecule has 6 heteroatoms. The first-order valence-electron chi connectivity index (χ1n) is 8.24. The number of nitrogens with zero attached hydrogens (tertiary/aromatic N) is 2. The fourth-order valence-electron chi connectivity index (χ4n) is 3.32. The molecule has 1 aromatic heterocycles. The molecule has 1 aliphatic heterocycles. The van der Waals surface area contributed by atoms with Crippen LogP contribution in [-0.2, 0) is 0 Å². The fraction of sp³-hybridized carbons (Fsp3) is 0.444. The maximum atomic E-state index is 14.0. The van der Waals surface area contributed by atoms with Crippen LogP contribution in [0.3, 0.4) is 0 Å². The minimum absolute atomic E-state index is 0.0920. The Labute approximate surface area is 140 Å². The third-order valence-corrected chi connectivity index (χ3v) is 4.76. The number of rotatable bonds is 2. The van der Waals surface area contributed by atoms with Crippen molar-refractivity contribution in [2.45, 2.75) is 25.3 Å². The number of fused-ring (bicyclic) bond motifs is 1. The van der Waals surface area contributed by atoms with Crippen molar-refractivity contribution >= 4 is 16.8 Å². The SMILES string of the molecule is CN(C)[C@H]1CCCN(C(=O)c2cc(=O)c3cccc(F)c3[nH]2)CC1. The zero-order chi connectivity index (χ0) is 17.3. The van der Waals surface area contributed by atoms with Gasteiger partial charge in [-0.05, 0) is 45.5 Å². The van der Waals surface area contributed by atoms with Crippen molar-refractivity contribution in [3.8, 4) is 0 Å². The standard InChI is InChI=1S/C18H22FN3O2/c1-21(2)12-5-4-9-22(10-8-12)18(24)15-11-16(23)13-6-3-7-14(19)17(13)20-15/h3,6-7,11-12H,4-5,8-10H2,1-2H3,(H,20,23)/t12-/m0/s1. The first-order chi connectivity index (χ1) is 11.5. The van der Waals surface area contributed by atoms with Gasteiger partial charge in [0.15, 0.2) is 5.43 Å². The summed E-state index contributed by atoms with van der Waals surface area (Å²) in [5, 5.41) is 0.259. The highest BCUT2D eigenvalue weighted by molar-refractivity contribution is 5.95. The lowest BCUT2D eigenvalue weighted by molar-refractivity contribution is 0.0753. The van der Waals surface area contributed by atoms with Crippen molar-refractivity contribution in [3.63, 3.8) is 0 Å². The van der Waals surface area contributed by atoms with E-state index in [4.69, 9.17) is 0 Å². The second kappa shape index (κ2) is 6.73. The number of halogens is 1. The summed E-state index contributed by atoms with van der Waals surface area (Å²) in [5.41, 5.74) is -0.0946. The molecular formula is C18H22FN3O2. The molecule has 1 saturated heterocycles. The maximum absolute atomic E-state index is 14.0. The molecule has 0 bridgehead atoms. The fourth-order valence-corrected chi connectivity index (χ4v) is 3.32. The number of aromatic nitrogens is 1. The van der Waals surface area contributed by atoms with Crippen molar-refractivity contribution in [1.82, 2.24) is 14.8 Å². The van der Waals surface area contributed by atoms with Gasteiger partial charge in [-0.1, -0.05) is 6.07 Å². The Bertz CT molecular complexity index is 816. The summed E-state index contributed by atoms with van der Waals surface area (Å²) in [6.45, 7) is 1.29. The predicted octanol–water partition coefficient (Wildman–Crippen LogP) is 2.22. The van der Waals surface area contributed by atoms with Crippen LogP contribution >= 0.6 is 0 Å². The Morgan fingerprint density at radius 2 is 2.08 bits per heavy atom. The van der Waals surface area contributed by atoms with Crippen molar-refractivity contribution in [2.24, 2.45) is 0 Å². The van der Waals surface area contributed by atoms with Gasteiger partial charge in [-0.15, -0.1) is 0 Å². The number of aromatic amines is 1. The Hall–Kier alpha value is -2.21. The highest BCUT2D eigenvalue weighted by Crippen LogP contribution is 2.17. The quantitative estimate of drug-likeness (QED) is 0.918. The molecule has 2 heterocycles. The highest BCUT2D eigenvalue weighted by atomic mass is 19.1. The lowest BCUT2D eigenvalue weighted by atomic mass is 10.1. The molecule has 1 aliphatic rings. The summed E-state index contributed by atoms with van der Waals surface area (Å²) in [5.74, 6) is -0.764. The number of nitrogens with one attached hydrogen (secondary N) is 1. The molecule has 1 aromatic carbocycles. The molecule has 0 saturated carbocycles. The van der Waals surface area contributed by atoms with E-state index in [-0.39, 0.29) is 27.9 Å². The van der Waals surface area contributed by atoms with Gasteiger partial charge in [-0.3, -0.25) is 9.59 Å². The van der Waals surface area contributed by atoms with Gasteiger partial charge in [0.05, 0.1) is 5.52 Å². The number of amides is 1. The molecule has 128 valence electrons. The average molecular weight is 331 g/mol. The Morgan fingerprint density at radius 3 is 2.83 bits per heavy atom. The van der Waals surface area contributed by atoms with E-state index < -0.39 is 5.82 Å². The molecule has 24 heavy (non-hydrogen) atoms. The summed E-state index contributed by atoms with van der Waals surface area (Å²) in [6, 6.07) is 6.05. The molecule has 5 nitrogen and oxygen atoms in total. The Kier molecular flexibility index (Phi) is 4.66. The van der Waals surface area contributed by atoms with Crippen molar-refractivity contribution in [3.05, 3.63) is 46.0 Å². The smallest absolute Gasteiger partial charge is 0.270 e. The van der Waals surface area contributed by atoms with E-state index in [1.165, 1.54) is 18.2 Å². The molecule has 0 aliphatic carbocycles. The van der Waals surface area contributed by atoms with Crippen LogP contribution in [0.4, 0.5) is 4.39 Å². The molecule has 0 radical (unpaired) electrons. The van der Waals surface area contributed by atoms with Gasteiger partial charge < -0.3 is 14.8 Å². The Balaban J connectivity index is 1.89. The van der Waals surface area contributed by atoms with Gasteiger partial charge in [-0.25, -0.2) is 4.39 Å².